The largest absolute Gasteiger partial charge is 0.486 e. The summed E-state index contributed by atoms with van der Waals surface area (Å²) >= 11 is 0. The molecular formula is C7H13NO. The van der Waals surface area contributed by atoms with Gasteiger partial charge in [-0.25, -0.2) is 4.99 Å². The van der Waals surface area contributed by atoms with Crippen LogP contribution in [0.5, 0.6) is 0 Å². The van der Waals surface area contributed by atoms with Crippen LogP contribution in [0.15, 0.2) is 16.3 Å². The van der Waals surface area contributed by atoms with Crippen molar-refractivity contribution in [1.29, 1.82) is 0 Å². The van der Waals surface area contributed by atoms with E-state index in [1.165, 1.54) is 12.0 Å². The van der Waals surface area contributed by atoms with Gasteiger partial charge >= 0.3 is 0 Å². The Bertz CT molecular complexity index is 132. The average molecular weight is 127 g/mol. The Morgan fingerprint density at radius 3 is 2.22 bits per heavy atom. The Morgan fingerprint density at radius 1 is 1.33 bits per heavy atom. The van der Waals surface area contributed by atoms with E-state index in [2.05, 4.69) is 9.73 Å². The zero-order chi connectivity index (χ0) is 7.28. The minimum atomic E-state index is 1.01. The molecule has 0 aromatic carbocycles. The van der Waals surface area contributed by atoms with Crippen molar-refractivity contribution in [2.45, 2.75) is 20.8 Å². The highest BCUT2D eigenvalue weighted by molar-refractivity contribution is 5.48. The lowest BCUT2D eigenvalue weighted by Crippen LogP contribution is -1.79. The van der Waals surface area contributed by atoms with E-state index in [9.17, 15) is 0 Å². The minimum Gasteiger partial charge on any atom is -0.486 e. The molecule has 2 nitrogen and oxygen atoms in total. The Hall–Kier alpha value is -0.790. The number of hydrogen-bond donors (Lipinski definition) is 0. The predicted molar refractivity (Wildman–Crippen MR) is 39.5 cm³/mol. The molecule has 0 unspecified atom stereocenters. The third kappa shape index (κ3) is 3.76. The van der Waals surface area contributed by atoms with Crippen LogP contribution in [0.3, 0.4) is 0 Å². The van der Waals surface area contributed by atoms with Crippen LogP contribution in [-0.2, 0) is 4.74 Å². The zero-order valence-electron chi connectivity index (χ0n) is 6.43. The molecule has 0 amide bonds. The van der Waals surface area contributed by atoms with Gasteiger partial charge in [0.05, 0.1) is 7.11 Å². The third-order valence-electron chi connectivity index (χ3n) is 1.08. The van der Waals surface area contributed by atoms with Crippen molar-refractivity contribution < 1.29 is 4.74 Å². The molecule has 0 N–H and O–H groups in total. The molecule has 52 valence electrons. The molecule has 0 atom stereocenters. The molecule has 0 aliphatic heterocycles. The van der Waals surface area contributed by atoms with E-state index in [0.717, 1.165) is 5.70 Å². The molecule has 0 spiro atoms. The van der Waals surface area contributed by atoms with Gasteiger partial charge in [-0.3, -0.25) is 0 Å². The molecule has 9 heavy (non-hydrogen) atoms. The van der Waals surface area contributed by atoms with Crippen LogP contribution in [0.25, 0.3) is 0 Å². The third-order valence-corrected chi connectivity index (χ3v) is 1.08. The van der Waals surface area contributed by atoms with Gasteiger partial charge in [0, 0.05) is 5.70 Å². The molecule has 0 bridgehead atoms. The van der Waals surface area contributed by atoms with E-state index >= 15 is 0 Å². The lowest BCUT2D eigenvalue weighted by molar-refractivity contribution is 0.422. The van der Waals surface area contributed by atoms with Crippen molar-refractivity contribution in [2.24, 2.45) is 4.99 Å². The summed E-state index contributed by atoms with van der Waals surface area (Å²) in [5.41, 5.74) is 2.22. The summed E-state index contributed by atoms with van der Waals surface area (Å²) in [6.45, 7) is 5.98. The lowest BCUT2D eigenvalue weighted by Gasteiger charge is -1.92. The monoisotopic (exact) mass is 127 g/mol. The number of methoxy groups -OCH3 is 1. The molecule has 0 rings (SSSR count). The molecule has 0 heterocycles. The van der Waals surface area contributed by atoms with Crippen molar-refractivity contribution in [3.05, 3.63) is 11.3 Å². The first-order valence-corrected chi connectivity index (χ1v) is 2.88. The van der Waals surface area contributed by atoms with Crippen molar-refractivity contribution in [3.63, 3.8) is 0 Å². The van der Waals surface area contributed by atoms with E-state index in [4.69, 9.17) is 0 Å². The molecule has 0 aromatic heterocycles. The van der Waals surface area contributed by atoms with Crippen molar-refractivity contribution in [2.75, 3.05) is 7.11 Å². The first-order chi connectivity index (χ1) is 4.18. The molecule has 0 aromatic rings. The van der Waals surface area contributed by atoms with Gasteiger partial charge in [0.2, 0.25) is 0 Å². The molecule has 2 heteroatoms. The van der Waals surface area contributed by atoms with Crippen LogP contribution in [0.4, 0.5) is 0 Å². The summed E-state index contributed by atoms with van der Waals surface area (Å²) in [6.07, 6.45) is 1.43. The molecule has 0 fully saturated rings. The number of rotatable bonds is 2. The highest BCUT2D eigenvalue weighted by Crippen LogP contribution is 2.01. The summed E-state index contributed by atoms with van der Waals surface area (Å²) in [7, 11) is 1.59. The number of ether oxygens (including phenoxy) is 1. The molecule has 0 saturated heterocycles. The SMILES string of the molecule is CO/C=N\C(C)=C(C)C. The quantitative estimate of drug-likeness (QED) is 0.410. The highest BCUT2D eigenvalue weighted by Gasteiger charge is 1.83. The minimum absolute atomic E-state index is 1.01. The van der Waals surface area contributed by atoms with Gasteiger partial charge in [0.25, 0.3) is 0 Å². The number of allylic oxidation sites excluding steroid dienone is 2. The van der Waals surface area contributed by atoms with Crippen LogP contribution in [0.2, 0.25) is 0 Å². The fourth-order valence-electron chi connectivity index (χ4n) is 0.261. The highest BCUT2D eigenvalue weighted by atomic mass is 16.5. The van der Waals surface area contributed by atoms with Crippen LogP contribution in [0, 0.1) is 0 Å². The standard InChI is InChI=1S/C7H13NO/c1-6(2)7(3)8-5-9-4/h5H,1-4H3/b8-5-. The zero-order valence-corrected chi connectivity index (χ0v) is 6.43. The maximum Gasteiger partial charge on any atom is 0.173 e. The first kappa shape index (κ1) is 8.21. The van der Waals surface area contributed by atoms with Gasteiger partial charge in [-0.2, -0.15) is 0 Å². The maximum absolute atomic E-state index is 4.64. The summed E-state index contributed by atoms with van der Waals surface area (Å²) in [5, 5.41) is 0. The summed E-state index contributed by atoms with van der Waals surface area (Å²) in [4.78, 5) is 3.97. The molecule has 0 aliphatic rings. The van der Waals surface area contributed by atoms with E-state index in [0.29, 0.717) is 0 Å². The fraction of sp³-hybridized carbons (Fsp3) is 0.571. The van der Waals surface area contributed by atoms with E-state index in [-0.39, 0.29) is 0 Å². The second kappa shape index (κ2) is 4.13. The van der Waals surface area contributed by atoms with Crippen LogP contribution >= 0.6 is 0 Å². The second-order valence-corrected chi connectivity index (χ2v) is 2.06. The Labute approximate surface area is 56.2 Å². The van der Waals surface area contributed by atoms with Crippen LogP contribution < -0.4 is 0 Å². The van der Waals surface area contributed by atoms with Crippen molar-refractivity contribution in [3.8, 4) is 0 Å². The normalized spacial score (nSPS) is 9.78. The topological polar surface area (TPSA) is 21.6 Å². The summed E-state index contributed by atoms with van der Waals surface area (Å²) in [6, 6.07) is 0. The first-order valence-electron chi connectivity index (χ1n) is 2.88. The van der Waals surface area contributed by atoms with Gasteiger partial charge < -0.3 is 4.74 Å². The van der Waals surface area contributed by atoms with Crippen LogP contribution in [0.1, 0.15) is 20.8 Å². The summed E-state index contributed by atoms with van der Waals surface area (Å²) in [5.74, 6) is 0. The summed E-state index contributed by atoms with van der Waals surface area (Å²) < 4.78 is 4.64. The van der Waals surface area contributed by atoms with E-state index in [1.807, 2.05) is 20.8 Å². The Balaban J connectivity index is 3.91. The van der Waals surface area contributed by atoms with Crippen molar-refractivity contribution >= 4 is 6.40 Å². The van der Waals surface area contributed by atoms with Gasteiger partial charge in [-0.15, -0.1) is 0 Å². The second-order valence-electron chi connectivity index (χ2n) is 2.06. The smallest absolute Gasteiger partial charge is 0.173 e. The van der Waals surface area contributed by atoms with Gasteiger partial charge in [0.1, 0.15) is 0 Å². The number of nitrogens with zero attached hydrogens (tertiary/aromatic N) is 1. The Kier molecular flexibility index (Phi) is 3.76. The molecular weight excluding hydrogens is 114 g/mol. The van der Waals surface area contributed by atoms with Crippen molar-refractivity contribution in [1.82, 2.24) is 0 Å². The number of hydrogen-bond acceptors (Lipinski definition) is 2. The van der Waals surface area contributed by atoms with E-state index < -0.39 is 0 Å². The number of aliphatic imine (C=N–C) groups is 1. The van der Waals surface area contributed by atoms with Crippen LogP contribution in [-0.4, -0.2) is 13.5 Å². The predicted octanol–water partition coefficient (Wildman–Crippen LogP) is 1.97. The Morgan fingerprint density at radius 2 is 1.89 bits per heavy atom. The average Bonchev–Trinajstić information content (AvgIpc) is 1.82. The molecule has 0 radical (unpaired) electrons. The van der Waals surface area contributed by atoms with Gasteiger partial charge in [-0.05, 0) is 20.8 Å². The maximum atomic E-state index is 4.64. The van der Waals surface area contributed by atoms with E-state index in [1.54, 1.807) is 7.11 Å². The molecule has 0 saturated carbocycles. The van der Waals surface area contributed by atoms with Gasteiger partial charge in [0.15, 0.2) is 6.40 Å². The lowest BCUT2D eigenvalue weighted by atomic mass is 10.3. The fourth-order valence-corrected chi connectivity index (χ4v) is 0.261. The molecule has 0 aliphatic carbocycles. The van der Waals surface area contributed by atoms with Gasteiger partial charge in [-0.1, -0.05) is 5.57 Å².